The van der Waals surface area contributed by atoms with E-state index in [9.17, 15) is 5.11 Å². The summed E-state index contributed by atoms with van der Waals surface area (Å²) >= 11 is 0. The Morgan fingerprint density at radius 1 is 1.00 bits per heavy atom. The van der Waals surface area contributed by atoms with Crippen LogP contribution in [-0.4, -0.2) is 18.8 Å². The number of aliphatic hydroxyl groups is 1. The highest BCUT2D eigenvalue weighted by atomic mass is 28.3. The van der Waals surface area contributed by atoms with Crippen molar-refractivity contribution in [3.63, 3.8) is 0 Å². The molecule has 1 aliphatic carbocycles. The van der Waals surface area contributed by atoms with Crippen LogP contribution in [0.25, 0.3) is 0 Å². The van der Waals surface area contributed by atoms with Gasteiger partial charge in [-0.3, -0.25) is 0 Å². The van der Waals surface area contributed by atoms with Crippen molar-refractivity contribution >= 4 is 18.4 Å². The fourth-order valence-electron chi connectivity index (χ4n) is 4.88. The van der Waals surface area contributed by atoms with Crippen LogP contribution in [0.5, 0.6) is 0 Å². The summed E-state index contributed by atoms with van der Waals surface area (Å²) in [5.74, 6) is 0. The summed E-state index contributed by atoms with van der Waals surface area (Å²) < 4.78 is 0. The van der Waals surface area contributed by atoms with Gasteiger partial charge >= 0.3 is 0 Å². The minimum absolute atomic E-state index is 0.115. The smallest absolute Gasteiger partial charge is 0.127 e. The van der Waals surface area contributed by atoms with Crippen LogP contribution in [0.3, 0.4) is 0 Å². The molecule has 0 radical (unpaired) electrons. The number of benzene rings is 2. The van der Waals surface area contributed by atoms with Gasteiger partial charge in [-0.25, -0.2) is 0 Å². The van der Waals surface area contributed by atoms with E-state index in [1.807, 2.05) is 6.08 Å². The van der Waals surface area contributed by atoms with Gasteiger partial charge in [0.1, 0.15) is 8.07 Å². The molecule has 1 nitrogen and oxygen atoms in total. The number of rotatable bonds is 6. The fourth-order valence-corrected chi connectivity index (χ4v) is 10.3. The van der Waals surface area contributed by atoms with Gasteiger partial charge < -0.3 is 5.11 Å². The van der Waals surface area contributed by atoms with E-state index in [-0.39, 0.29) is 5.04 Å². The molecule has 148 valence electrons. The molecule has 1 unspecified atom stereocenters. The summed E-state index contributed by atoms with van der Waals surface area (Å²) in [4.78, 5) is 0. The Labute approximate surface area is 171 Å². The van der Waals surface area contributed by atoms with Crippen molar-refractivity contribution in [3.05, 3.63) is 85.0 Å². The van der Waals surface area contributed by atoms with E-state index in [0.717, 1.165) is 25.3 Å². The lowest BCUT2D eigenvalue weighted by molar-refractivity contribution is 0.0752. The Balaban J connectivity index is 2.05. The molecular formula is C26H34OSi. The van der Waals surface area contributed by atoms with E-state index in [2.05, 4.69) is 94.1 Å². The van der Waals surface area contributed by atoms with E-state index >= 15 is 0 Å². The molecule has 0 saturated carbocycles. The third kappa shape index (κ3) is 4.23. The molecule has 0 spiro atoms. The Morgan fingerprint density at radius 3 is 1.96 bits per heavy atom. The van der Waals surface area contributed by atoms with Gasteiger partial charge in [-0.05, 0) is 30.3 Å². The molecule has 0 bridgehead atoms. The minimum Gasteiger partial charge on any atom is -0.385 e. The molecule has 1 aliphatic rings. The summed E-state index contributed by atoms with van der Waals surface area (Å²) in [6.45, 7) is 11.6. The summed E-state index contributed by atoms with van der Waals surface area (Å²) in [6.07, 6.45) is 7.76. The van der Waals surface area contributed by atoms with Crippen molar-refractivity contribution in [3.8, 4) is 0 Å². The lowest BCUT2D eigenvalue weighted by atomic mass is 9.86. The Morgan fingerprint density at radius 2 is 1.54 bits per heavy atom. The molecule has 0 saturated heterocycles. The maximum absolute atomic E-state index is 11.1. The lowest BCUT2D eigenvalue weighted by Crippen LogP contribution is -2.64. The zero-order valence-corrected chi connectivity index (χ0v) is 18.6. The highest BCUT2D eigenvalue weighted by molar-refractivity contribution is 7.04. The second-order valence-electron chi connectivity index (χ2n) is 9.39. The van der Waals surface area contributed by atoms with Crippen LogP contribution >= 0.6 is 0 Å². The SMILES string of the molecule is C=C(CC1(O)C=CCCC1)C[Si](c1ccccc1)(c1ccccc1)C(C)(C)C. The van der Waals surface area contributed by atoms with E-state index in [1.54, 1.807) is 0 Å². The predicted octanol–water partition coefficient (Wildman–Crippen LogP) is 5.47. The van der Waals surface area contributed by atoms with Gasteiger partial charge in [0, 0.05) is 6.42 Å². The molecule has 2 aromatic rings. The van der Waals surface area contributed by atoms with Crippen molar-refractivity contribution in [2.75, 3.05) is 0 Å². The Kier molecular flexibility index (Phi) is 6.11. The van der Waals surface area contributed by atoms with Crippen molar-refractivity contribution in [1.29, 1.82) is 0 Å². The highest BCUT2D eigenvalue weighted by Crippen LogP contribution is 2.42. The average Bonchev–Trinajstić information content (AvgIpc) is 2.66. The average molecular weight is 391 g/mol. The van der Waals surface area contributed by atoms with E-state index in [4.69, 9.17) is 0 Å². The standard InChI is InChI=1S/C26H34OSi/c1-22(20-26(27)18-12-7-13-19-26)21-28(25(2,3)4,23-14-8-5-9-15-23)24-16-10-6-11-17-24/h5-6,8-12,14-18,27H,1,7,13,19-21H2,2-4H3. The first kappa shape index (κ1) is 20.8. The number of allylic oxidation sites excluding steroid dienone is 1. The van der Waals surface area contributed by atoms with Crippen molar-refractivity contribution in [1.82, 2.24) is 0 Å². The van der Waals surface area contributed by atoms with E-state index in [0.29, 0.717) is 6.42 Å². The van der Waals surface area contributed by atoms with Crippen molar-refractivity contribution in [2.24, 2.45) is 0 Å². The molecule has 28 heavy (non-hydrogen) atoms. The van der Waals surface area contributed by atoms with Crippen LogP contribution in [0.4, 0.5) is 0 Å². The first-order valence-electron chi connectivity index (χ1n) is 10.4. The molecule has 1 atom stereocenters. The molecule has 2 heteroatoms. The third-order valence-corrected chi connectivity index (χ3v) is 12.5. The molecule has 0 heterocycles. The quantitative estimate of drug-likeness (QED) is 0.512. The van der Waals surface area contributed by atoms with Crippen molar-refractivity contribution in [2.45, 2.75) is 63.1 Å². The maximum atomic E-state index is 11.1. The molecule has 3 rings (SSSR count). The molecule has 1 N–H and O–H groups in total. The van der Waals surface area contributed by atoms with Crippen LogP contribution in [0.1, 0.15) is 46.5 Å². The molecule has 0 fully saturated rings. The second-order valence-corrected chi connectivity index (χ2v) is 14.2. The van der Waals surface area contributed by atoms with Gasteiger partial charge in [0.15, 0.2) is 0 Å². The van der Waals surface area contributed by atoms with E-state index < -0.39 is 13.7 Å². The van der Waals surface area contributed by atoms with Crippen LogP contribution < -0.4 is 10.4 Å². The maximum Gasteiger partial charge on any atom is 0.127 e. The van der Waals surface area contributed by atoms with Gasteiger partial charge in [0.25, 0.3) is 0 Å². The normalized spacial score (nSPS) is 20.1. The Hall–Kier alpha value is -1.90. The molecule has 0 aliphatic heterocycles. The topological polar surface area (TPSA) is 20.2 Å². The predicted molar refractivity (Wildman–Crippen MR) is 124 cm³/mol. The highest BCUT2D eigenvalue weighted by Gasteiger charge is 2.48. The van der Waals surface area contributed by atoms with Crippen molar-refractivity contribution < 1.29 is 5.11 Å². The number of hydrogen-bond acceptors (Lipinski definition) is 1. The minimum atomic E-state index is -2.16. The second kappa shape index (κ2) is 8.22. The van der Waals surface area contributed by atoms with Crippen LogP contribution in [-0.2, 0) is 0 Å². The zero-order chi connectivity index (χ0) is 20.3. The summed E-state index contributed by atoms with van der Waals surface area (Å²) in [5, 5.41) is 14.1. The van der Waals surface area contributed by atoms with E-state index in [1.165, 1.54) is 15.9 Å². The molecule has 0 aromatic heterocycles. The summed E-state index contributed by atoms with van der Waals surface area (Å²) in [7, 11) is -2.16. The first-order valence-corrected chi connectivity index (χ1v) is 12.7. The van der Waals surface area contributed by atoms with Gasteiger partial charge in [-0.1, -0.05) is 110 Å². The third-order valence-electron chi connectivity index (χ3n) is 6.29. The lowest BCUT2D eigenvalue weighted by Gasteiger charge is -2.45. The number of hydrogen-bond donors (Lipinski definition) is 1. The van der Waals surface area contributed by atoms with Gasteiger partial charge in [-0.2, -0.15) is 0 Å². The first-order chi connectivity index (χ1) is 13.3. The van der Waals surface area contributed by atoms with Gasteiger partial charge in [0.05, 0.1) is 5.60 Å². The molecule has 0 amide bonds. The summed E-state index contributed by atoms with van der Waals surface area (Å²) in [6, 6.07) is 23.0. The zero-order valence-electron chi connectivity index (χ0n) is 17.6. The van der Waals surface area contributed by atoms with Gasteiger partial charge in [-0.15, -0.1) is 6.58 Å². The summed E-state index contributed by atoms with van der Waals surface area (Å²) in [5.41, 5.74) is 0.448. The van der Waals surface area contributed by atoms with Crippen LogP contribution in [0.2, 0.25) is 11.1 Å². The van der Waals surface area contributed by atoms with Gasteiger partial charge in [0.2, 0.25) is 0 Å². The monoisotopic (exact) mass is 390 g/mol. The molecular weight excluding hydrogens is 356 g/mol. The molecule has 2 aromatic carbocycles. The van der Waals surface area contributed by atoms with Crippen LogP contribution in [0.15, 0.2) is 85.0 Å². The Bertz CT molecular complexity index is 777. The van der Waals surface area contributed by atoms with Crippen LogP contribution in [0, 0.1) is 0 Å². The fraction of sp³-hybridized carbons (Fsp3) is 0.385. The largest absolute Gasteiger partial charge is 0.385 e.